The smallest absolute Gasteiger partial charge is 0.140 e. The van der Waals surface area contributed by atoms with Gasteiger partial charge in [-0.05, 0) is 36.5 Å². The van der Waals surface area contributed by atoms with E-state index >= 15 is 0 Å². The van der Waals surface area contributed by atoms with E-state index in [1.165, 1.54) is 18.6 Å². The maximum absolute atomic E-state index is 13.0. The SMILES string of the molecule is CC1CCCC(C(=O)Cc2ccc(F)cc2Br)C1. The number of ketones is 1. The lowest BCUT2D eigenvalue weighted by molar-refractivity contribution is -0.123. The third-order valence-electron chi connectivity index (χ3n) is 3.77. The van der Waals surface area contributed by atoms with Crippen LogP contribution >= 0.6 is 15.9 Å². The zero-order valence-electron chi connectivity index (χ0n) is 10.6. The van der Waals surface area contributed by atoms with Crippen molar-refractivity contribution in [3.8, 4) is 0 Å². The molecule has 3 heteroatoms. The number of carbonyl (C=O) groups excluding carboxylic acids is 1. The summed E-state index contributed by atoms with van der Waals surface area (Å²) in [4.78, 5) is 12.2. The fourth-order valence-electron chi connectivity index (χ4n) is 2.72. The molecule has 0 amide bonds. The van der Waals surface area contributed by atoms with Gasteiger partial charge in [-0.3, -0.25) is 4.79 Å². The molecular formula is C15H18BrFO. The molecule has 1 aromatic rings. The second-order valence-corrected chi connectivity index (χ2v) is 6.20. The van der Waals surface area contributed by atoms with E-state index in [2.05, 4.69) is 22.9 Å². The first-order chi connectivity index (χ1) is 8.56. The average molecular weight is 313 g/mol. The number of carbonyl (C=O) groups is 1. The van der Waals surface area contributed by atoms with Gasteiger partial charge in [-0.15, -0.1) is 0 Å². The van der Waals surface area contributed by atoms with E-state index in [9.17, 15) is 9.18 Å². The molecule has 98 valence electrons. The van der Waals surface area contributed by atoms with Crippen LogP contribution in [0.2, 0.25) is 0 Å². The fraction of sp³-hybridized carbons (Fsp3) is 0.533. The van der Waals surface area contributed by atoms with Crippen LogP contribution in [-0.4, -0.2) is 5.78 Å². The largest absolute Gasteiger partial charge is 0.299 e. The number of hydrogen-bond acceptors (Lipinski definition) is 1. The van der Waals surface area contributed by atoms with Crippen LogP contribution in [0.1, 0.15) is 38.2 Å². The lowest BCUT2D eigenvalue weighted by atomic mass is 9.79. The molecule has 2 unspecified atom stereocenters. The Bertz CT molecular complexity index is 444. The minimum atomic E-state index is -0.274. The van der Waals surface area contributed by atoms with Gasteiger partial charge in [-0.1, -0.05) is 41.8 Å². The van der Waals surface area contributed by atoms with Crippen molar-refractivity contribution >= 4 is 21.7 Å². The third-order valence-corrected chi connectivity index (χ3v) is 4.51. The van der Waals surface area contributed by atoms with Crippen LogP contribution < -0.4 is 0 Å². The zero-order chi connectivity index (χ0) is 13.1. The molecule has 2 atom stereocenters. The summed E-state index contributed by atoms with van der Waals surface area (Å²) < 4.78 is 13.7. The van der Waals surface area contributed by atoms with Gasteiger partial charge in [0.15, 0.2) is 0 Å². The second kappa shape index (κ2) is 5.96. The van der Waals surface area contributed by atoms with Crippen LogP contribution in [0.4, 0.5) is 4.39 Å². The maximum atomic E-state index is 13.0. The highest BCUT2D eigenvalue weighted by Crippen LogP contribution is 2.30. The lowest BCUT2D eigenvalue weighted by Gasteiger charge is -2.25. The van der Waals surface area contributed by atoms with Crippen molar-refractivity contribution < 1.29 is 9.18 Å². The number of halogens is 2. The molecule has 1 aliphatic carbocycles. The van der Waals surface area contributed by atoms with Crippen LogP contribution in [0.3, 0.4) is 0 Å². The highest BCUT2D eigenvalue weighted by Gasteiger charge is 2.25. The van der Waals surface area contributed by atoms with Gasteiger partial charge in [0.1, 0.15) is 11.6 Å². The molecule has 18 heavy (non-hydrogen) atoms. The van der Waals surface area contributed by atoms with Gasteiger partial charge in [-0.25, -0.2) is 4.39 Å². The van der Waals surface area contributed by atoms with Crippen LogP contribution in [0.25, 0.3) is 0 Å². The van der Waals surface area contributed by atoms with Crippen molar-refractivity contribution in [3.63, 3.8) is 0 Å². The van der Waals surface area contributed by atoms with Gasteiger partial charge in [0, 0.05) is 16.8 Å². The molecule has 1 saturated carbocycles. The van der Waals surface area contributed by atoms with Crippen molar-refractivity contribution in [2.24, 2.45) is 11.8 Å². The predicted molar refractivity (Wildman–Crippen MR) is 73.9 cm³/mol. The Kier molecular flexibility index (Phi) is 4.55. The molecule has 0 heterocycles. The van der Waals surface area contributed by atoms with E-state index < -0.39 is 0 Å². The van der Waals surface area contributed by atoms with Gasteiger partial charge >= 0.3 is 0 Å². The highest BCUT2D eigenvalue weighted by molar-refractivity contribution is 9.10. The topological polar surface area (TPSA) is 17.1 Å². The van der Waals surface area contributed by atoms with E-state index in [4.69, 9.17) is 0 Å². The van der Waals surface area contributed by atoms with Crippen molar-refractivity contribution in [1.29, 1.82) is 0 Å². The number of rotatable bonds is 3. The Morgan fingerprint density at radius 1 is 1.44 bits per heavy atom. The van der Waals surface area contributed by atoms with Crippen LogP contribution in [0, 0.1) is 17.7 Å². The van der Waals surface area contributed by atoms with Crippen molar-refractivity contribution in [2.75, 3.05) is 0 Å². The molecule has 1 aliphatic rings. The van der Waals surface area contributed by atoms with E-state index in [0.29, 0.717) is 22.6 Å². The van der Waals surface area contributed by atoms with Crippen LogP contribution in [-0.2, 0) is 11.2 Å². The first-order valence-corrected chi connectivity index (χ1v) is 7.32. The van der Waals surface area contributed by atoms with Gasteiger partial charge in [0.05, 0.1) is 0 Å². The molecule has 2 rings (SSSR count). The quantitative estimate of drug-likeness (QED) is 0.801. The first-order valence-electron chi connectivity index (χ1n) is 6.53. The van der Waals surface area contributed by atoms with E-state index in [-0.39, 0.29) is 11.7 Å². The summed E-state index contributed by atoms with van der Waals surface area (Å²) in [5, 5.41) is 0. The van der Waals surface area contributed by atoms with E-state index in [1.54, 1.807) is 6.07 Å². The molecule has 0 aliphatic heterocycles. The molecule has 1 fully saturated rings. The monoisotopic (exact) mass is 312 g/mol. The minimum absolute atomic E-state index is 0.200. The average Bonchev–Trinajstić information content (AvgIpc) is 2.32. The van der Waals surface area contributed by atoms with Crippen molar-refractivity contribution in [3.05, 3.63) is 34.1 Å². The number of hydrogen-bond donors (Lipinski definition) is 0. The second-order valence-electron chi connectivity index (χ2n) is 5.35. The number of Topliss-reactive ketones (excluding diaryl/α,β-unsaturated/α-hetero) is 1. The van der Waals surface area contributed by atoms with Crippen molar-refractivity contribution in [2.45, 2.75) is 39.0 Å². The van der Waals surface area contributed by atoms with Crippen LogP contribution in [0.15, 0.2) is 22.7 Å². The molecular weight excluding hydrogens is 295 g/mol. The van der Waals surface area contributed by atoms with E-state index in [1.807, 2.05) is 0 Å². The Morgan fingerprint density at radius 3 is 2.89 bits per heavy atom. The predicted octanol–water partition coefficient (Wildman–Crippen LogP) is 4.53. The molecule has 0 spiro atoms. The Hall–Kier alpha value is -0.700. The maximum Gasteiger partial charge on any atom is 0.140 e. The Labute approximate surface area is 116 Å². The summed E-state index contributed by atoms with van der Waals surface area (Å²) in [6, 6.07) is 4.53. The molecule has 1 aromatic carbocycles. The van der Waals surface area contributed by atoms with Crippen molar-refractivity contribution in [1.82, 2.24) is 0 Å². The summed E-state index contributed by atoms with van der Waals surface area (Å²) in [6.45, 7) is 2.22. The molecule has 0 aromatic heterocycles. The van der Waals surface area contributed by atoms with Gasteiger partial charge in [0.2, 0.25) is 0 Å². The minimum Gasteiger partial charge on any atom is -0.299 e. The first kappa shape index (κ1) is 13.7. The summed E-state index contributed by atoms with van der Waals surface area (Å²) in [5.74, 6) is 0.883. The molecule has 0 bridgehead atoms. The highest BCUT2D eigenvalue weighted by atomic mass is 79.9. The summed E-state index contributed by atoms with van der Waals surface area (Å²) in [7, 11) is 0. The Balaban J connectivity index is 2.02. The van der Waals surface area contributed by atoms with Crippen LogP contribution in [0.5, 0.6) is 0 Å². The number of benzene rings is 1. The standard InChI is InChI=1S/C15H18BrFO/c1-10-3-2-4-12(7-10)15(18)8-11-5-6-13(17)9-14(11)16/h5-6,9-10,12H,2-4,7-8H2,1H3. The molecule has 0 saturated heterocycles. The van der Waals surface area contributed by atoms with E-state index in [0.717, 1.165) is 24.8 Å². The molecule has 0 N–H and O–H groups in total. The third kappa shape index (κ3) is 3.41. The zero-order valence-corrected chi connectivity index (χ0v) is 12.2. The summed E-state index contributed by atoms with van der Waals surface area (Å²) in [6.07, 6.45) is 4.84. The normalized spacial score (nSPS) is 23.9. The van der Waals surface area contributed by atoms with Gasteiger partial charge in [0.25, 0.3) is 0 Å². The Morgan fingerprint density at radius 2 is 2.22 bits per heavy atom. The fourth-order valence-corrected chi connectivity index (χ4v) is 3.21. The summed E-state index contributed by atoms with van der Waals surface area (Å²) in [5.41, 5.74) is 0.889. The molecule has 1 nitrogen and oxygen atoms in total. The molecule has 0 radical (unpaired) electrons. The van der Waals surface area contributed by atoms with Gasteiger partial charge in [-0.2, -0.15) is 0 Å². The van der Waals surface area contributed by atoms with Gasteiger partial charge < -0.3 is 0 Å². The lowest BCUT2D eigenvalue weighted by Crippen LogP contribution is -2.23. The summed E-state index contributed by atoms with van der Waals surface area (Å²) >= 11 is 3.32.